The maximum Gasteiger partial charge on any atom is 0.319 e. The molecule has 1 aromatic carbocycles. The summed E-state index contributed by atoms with van der Waals surface area (Å²) in [7, 11) is 0. The Bertz CT molecular complexity index is 1150. The molecule has 10 nitrogen and oxygen atoms in total. The predicted octanol–water partition coefficient (Wildman–Crippen LogP) is 2.58. The maximum absolute atomic E-state index is 12.3. The van der Waals surface area contributed by atoms with E-state index in [4.69, 9.17) is 0 Å². The molecule has 0 aliphatic heterocycles. The summed E-state index contributed by atoms with van der Waals surface area (Å²) in [6.07, 6.45) is 7.41. The van der Waals surface area contributed by atoms with Crippen molar-refractivity contribution in [3.63, 3.8) is 0 Å². The van der Waals surface area contributed by atoms with E-state index in [0.717, 1.165) is 29.8 Å². The van der Waals surface area contributed by atoms with Gasteiger partial charge in [-0.3, -0.25) is 0 Å². The van der Waals surface area contributed by atoms with Crippen LogP contribution in [0.25, 0.3) is 17.2 Å². The number of amides is 2. The van der Waals surface area contributed by atoms with Crippen LogP contribution in [-0.4, -0.2) is 41.0 Å². The van der Waals surface area contributed by atoms with Gasteiger partial charge < -0.3 is 10.6 Å². The van der Waals surface area contributed by atoms with Crippen molar-refractivity contribution in [1.82, 2.24) is 40.3 Å². The number of tetrazole rings is 1. The lowest BCUT2D eigenvalue weighted by Crippen LogP contribution is -2.28. The number of hydrogen-bond acceptors (Lipinski definition) is 6. The number of rotatable bonds is 6. The Morgan fingerprint density at radius 2 is 1.97 bits per heavy atom. The fourth-order valence-electron chi connectivity index (χ4n) is 3.17. The van der Waals surface area contributed by atoms with Crippen molar-refractivity contribution in [1.29, 1.82) is 0 Å². The van der Waals surface area contributed by atoms with Crippen molar-refractivity contribution in [3.05, 3.63) is 66.6 Å². The van der Waals surface area contributed by atoms with Gasteiger partial charge in [-0.2, -0.15) is 5.10 Å². The molecule has 0 saturated heterocycles. The molecule has 10 heteroatoms. The summed E-state index contributed by atoms with van der Waals surface area (Å²) in [5.41, 5.74) is 2.45. The third-order valence-corrected chi connectivity index (χ3v) is 4.81. The van der Waals surface area contributed by atoms with Crippen LogP contribution in [-0.2, 0) is 6.54 Å². The Labute approximate surface area is 171 Å². The zero-order chi connectivity index (χ0) is 20.3. The molecule has 2 N–H and O–H groups in total. The first-order chi connectivity index (χ1) is 14.8. The molecule has 3 heterocycles. The van der Waals surface area contributed by atoms with Gasteiger partial charge in [0.2, 0.25) is 0 Å². The van der Waals surface area contributed by atoms with Crippen LogP contribution >= 0.6 is 0 Å². The highest BCUT2D eigenvalue weighted by atomic mass is 16.2. The minimum atomic E-state index is -0.305. The van der Waals surface area contributed by atoms with E-state index in [1.54, 1.807) is 17.1 Å². The van der Waals surface area contributed by atoms with Crippen LogP contribution in [0.1, 0.15) is 24.4 Å². The SMILES string of the molecule is O=C(NCc1cccnc1-n1cccn1)Nc1ccc(-c2nnnn2C2CC2)cc1. The average molecular weight is 401 g/mol. The van der Waals surface area contributed by atoms with Crippen LogP contribution in [0.2, 0.25) is 0 Å². The summed E-state index contributed by atoms with van der Waals surface area (Å²) in [4.78, 5) is 16.7. The highest BCUT2D eigenvalue weighted by Gasteiger charge is 2.28. The average Bonchev–Trinajstić information content (AvgIpc) is 3.26. The fourth-order valence-corrected chi connectivity index (χ4v) is 3.17. The molecule has 4 aromatic rings. The largest absolute Gasteiger partial charge is 0.334 e. The number of nitrogens with zero attached hydrogens (tertiary/aromatic N) is 7. The van der Waals surface area contributed by atoms with Crippen LogP contribution in [0.4, 0.5) is 10.5 Å². The van der Waals surface area contributed by atoms with Gasteiger partial charge in [-0.25, -0.2) is 19.1 Å². The van der Waals surface area contributed by atoms with Crippen LogP contribution in [0.3, 0.4) is 0 Å². The number of aromatic nitrogens is 7. The number of benzene rings is 1. The second kappa shape index (κ2) is 7.74. The first kappa shape index (κ1) is 18.0. The summed E-state index contributed by atoms with van der Waals surface area (Å²) in [6.45, 7) is 0.323. The molecule has 30 heavy (non-hydrogen) atoms. The number of carbonyl (C=O) groups is 1. The molecule has 0 spiro atoms. The van der Waals surface area contributed by atoms with E-state index in [0.29, 0.717) is 24.1 Å². The second-order valence-electron chi connectivity index (χ2n) is 7.00. The smallest absolute Gasteiger partial charge is 0.319 e. The quantitative estimate of drug-likeness (QED) is 0.513. The van der Waals surface area contributed by atoms with Crippen LogP contribution < -0.4 is 10.6 Å². The highest BCUT2D eigenvalue weighted by Crippen LogP contribution is 2.36. The lowest BCUT2D eigenvalue weighted by atomic mass is 10.2. The minimum absolute atomic E-state index is 0.305. The first-order valence-corrected chi connectivity index (χ1v) is 9.65. The normalized spacial score (nSPS) is 13.2. The van der Waals surface area contributed by atoms with Crippen LogP contribution in [0, 0.1) is 0 Å². The van der Waals surface area contributed by atoms with E-state index in [-0.39, 0.29) is 6.03 Å². The summed E-state index contributed by atoms with van der Waals surface area (Å²) in [5.74, 6) is 1.43. The molecule has 1 saturated carbocycles. The number of anilines is 1. The Balaban J connectivity index is 1.22. The molecule has 2 amide bonds. The number of pyridine rings is 1. The number of carbonyl (C=O) groups excluding carboxylic acids is 1. The summed E-state index contributed by atoms with van der Waals surface area (Å²) < 4.78 is 3.53. The molecule has 0 atom stereocenters. The maximum atomic E-state index is 12.3. The van der Waals surface area contributed by atoms with Gasteiger partial charge in [0.05, 0.1) is 6.04 Å². The Morgan fingerprint density at radius 3 is 2.73 bits per heavy atom. The molecular weight excluding hydrogens is 382 g/mol. The molecule has 150 valence electrons. The van der Waals surface area contributed by atoms with Gasteiger partial charge in [0.1, 0.15) is 0 Å². The zero-order valence-electron chi connectivity index (χ0n) is 16.0. The summed E-state index contributed by atoms with van der Waals surface area (Å²) in [6, 6.07) is 13.1. The number of hydrogen-bond donors (Lipinski definition) is 2. The number of urea groups is 1. The standard InChI is InChI=1S/C20H19N9O/c30-20(22-13-15-3-1-10-21-18(15)28-12-2-11-23-28)24-16-6-4-14(5-7-16)19-25-26-27-29(19)17-8-9-17/h1-7,10-12,17H,8-9,13H2,(H2,22,24,30). The molecule has 1 fully saturated rings. The van der Waals surface area contributed by atoms with Gasteiger partial charge in [-0.05, 0) is 59.7 Å². The van der Waals surface area contributed by atoms with E-state index in [1.165, 1.54) is 0 Å². The summed E-state index contributed by atoms with van der Waals surface area (Å²) >= 11 is 0. The topological polar surface area (TPSA) is 115 Å². The molecule has 5 rings (SSSR count). The van der Waals surface area contributed by atoms with Gasteiger partial charge in [-0.15, -0.1) is 5.10 Å². The van der Waals surface area contributed by atoms with Crippen molar-refractivity contribution >= 4 is 11.7 Å². The lowest BCUT2D eigenvalue weighted by Gasteiger charge is -2.11. The Hall–Kier alpha value is -4.08. The molecule has 0 unspecified atom stereocenters. The van der Waals surface area contributed by atoms with Gasteiger partial charge in [0.25, 0.3) is 0 Å². The van der Waals surface area contributed by atoms with Gasteiger partial charge in [0, 0.05) is 41.9 Å². The van der Waals surface area contributed by atoms with Crippen molar-refractivity contribution < 1.29 is 4.79 Å². The molecule has 0 bridgehead atoms. The van der Waals surface area contributed by atoms with E-state index in [2.05, 4.69) is 36.2 Å². The lowest BCUT2D eigenvalue weighted by molar-refractivity contribution is 0.251. The molecule has 1 aliphatic rings. The zero-order valence-corrected chi connectivity index (χ0v) is 16.0. The molecule has 0 radical (unpaired) electrons. The van der Waals surface area contributed by atoms with E-state index in [1.807, 2.05) is 53.3 Å². The highest BCUT2D eigenvalue weighted by molar-refractivity contribution is 5.89. The molecule has 1 aliphatic carbocycles. The predicted molar refractivity (Wildman–Crippen MR) is 109 cm³/mol. The van der Waals surface area contributed by atoms with E-state index >= 15 is 0 Å². The third kappa shape index (κ3) is 3.75. The number of nitrogens with one attached hydrogen (secondary N) is 2. The van der Waals surface area contributed by atoms with Crippen molar-refractivity contribution in [3.8, 4) is 17.2 Å². The van der Waals surface area contributed by atoms with E-state index in [9.17, 15) is 4.79 Å². The van der Waals surface area contributed by atoms with Crippen molar-refractivity contribution in [2.24, 2.45) is 0 Å². The molecule has 3 aromatic heterocycles. The molecular formula is C20H19N9O. The Kier molecular flexibility index (Phi) is 4.64. The van der Waals surface area contributed by atoms with E-state index < -0.39 is 0 Å². The second-order valence-corrected chi connectivity index (χ2v) is 7.00. The van der Waals surface area contributed by atoms with Crippen molar-refractivity contribution in [2.45, 2.75) is 25.4 Å². The summed E-state index contributed by atoms with van der Waals surface area (Å²) in [5, 5.41) is 21.9. The Morgan fingerprint density at radius 1 is 1.10 bits per heavy atom. The van der Waals surface area contributed by atoms with Crippen molar-refractivity contribution in [2.75, 3.05) is 5.32 Å². The third-order valence-electron chi connectivity index (χ3n) is 4.81. The first-order valence-electron chi connectivity index (χ1n) is 9.65. The monoisotopic (exact) mass is 401 g/mol. The minimum Gasteiger partial charge on any atom is -0.334 e. The van der Waals surface area contributed by atoms with Crippen LogP contribution in [0.5, 0.6) is 0 Å². The van der Waals surface area contributed by atoms with Gasteiger partial charge in [-0.1, -0.05) is 6.07 Å². The van der Waals surface area contributed by atoms with Crippen LogP contribution in [0.15, 0.2) is 61.1 Å². The van der Waals surface area contributed by atoms with Gasteiger partial charge >= 0.3 is 6.03 Å². The fraction of sp³-hybridized carbons (Fsp3) is 0.200. The van der Waals surface area contributed by atoms with Gasteiger partial charge in [0.15, 0.2) is 11.6 Å².